The van der Waals surface area contributed by atoms with E-state index in [0.717, 1.165) is 0 Å². The zero-order chi connectivity index (χ0) is 17.3. The van der Waals surface area contributed by atoms with Gasteiger partial charge in [-0.2, -0.15) is 0 Å². The van der Waals surface area contributed by atoms with Crippen LogP contribution in [0.5, 0.6) is 0 Å². The van der Waals surface area contributed by atoms with Crippen LogP contribution in [-0.2, 0) is 19.2 Å². The Bertz CT molecular complexity index is 678. The number of ether oxygens (including phenoxy) is 1. The van der Waals surface area contributed by atoms with Crippen molar-refractivity contribution in [1.82, 2.24) is 5.06 Å². The highest BCUT2D eigenvalue weighted by molar-refractivity contribution is 6.20. The molecule has 1 aromatic rings. The standard InChI is InChI=1S/C17H17NO6/c1-2-23-16(21)10-7-8-11(9-10)17(22)24-18-14(19)12-5-3-4-6-13(12)15(18)20/h3-6,10-11H,2,7-9H2,1H3/t10-,11+/m0/s1. The van der Waals surface area contributed by atoms with Crippen molar-refractivity contribution in [3.8, 4) is 0 Å². The van der Waals surface area contributed by atoms with E-state index in [1.54, 1.807) is 19.1 Å². The van der Waals surface area contributed by atoms with Gasteiger partial charge in [0.2, 0.25) is 0 Å². The molecule has 2 atom stereocenters. The molecule has 1 fully saturated rings. The number of benzene rings is 1. The number of hydroxylamine groups is 2. The van der Waals surface area contributed by atoms with Gasteiger partial charge >= 0.3 is 11.9 Å². The van der Waals surface area contributed by atoms with Crippen LogP contribution < -0.4 is 0 Å². The van der Waals surface area contributed by atoms with Crippen LogP contribution in [0.3, 0.4) is 0 Å². The van der Waals surface area contributed by atoms with Gasteiger partial charge < -0.3 is 9.57 Å². The molecule has 1 heterocycles. The Morgan fingerprint density at radius 3 is 2.12 bits per heavy atom. The molecule has 0 aromatic heterocycles. The molecule has 7 heteroatoms. The first-order valence-corrected chi connectivity index (χ1v) is 7.89. The van der Waals surface area contributed by atoms with Gasteiger partial charge in [0.1, 0.15) is 0 Å². The van der Waals surface area contributed by atoms with E-state index in [1.807, 2.05) is 0 Å². The third-order valence-electron chi connectivity index (χ3n) is 4.32. The molecule has 7 nitrogen and oxygen atoms in total. The van der Waals surface area contributed by atoms with Crippen LogP contribution in [0.15, 0.2) is 24.3 Å². The average molecular weight is 331 g/mol. The second-order valence-corrected chi connectivity index (χ2v) is 5.82. The minimum atomic E-state index is -0.670. The van der Waals surface area contributed by atoms with Crippen molar-refractivity contribution >= 4 is 23.8 Å². The predicted molar refractivity (Wildman–Crippen MR) is 80.5 cm³/mol. The fraction of sp³-hybridized carbons (Fsp3) is 0.412. The molecule has 2 aliphatic rings. The number of hydrogen-bond donors (Lipinski definition) is 0. The number of imide groups is 1. The summed E-state index contributed by atoms with van der Waals surface area (Å²) in [4.78, 5) is 53.3. The van der Waals surface area contributed by atoms with Gasteiger partial charge in [-0.3, -0.25) is 14.4 Å². The summed E-state index contributed by atoms with van der Waals surface area (Å²) in [7, 11) is 0. The summed E-state index contributed by atoms with van der Waals surface area (Å²) in [5.41, 5.74) is 0.428. The summed E-state index contributed by atoms with van der Waals surface area (Å²) in [5, 5.41) is 0.505. The van der Waals surface area contributed by atoms with Gasteiger partial charge in [-0.05, 0) is 38.3 Å². The number of fused-ring (bicyclic) bond motifs is 1. The summed E-state index contributed by atoms with van der Waals surface area (Å²) in [6.07, 6.45) is 1.30. The molecule has 1 aromatic carbocycles. The Labute approximate surface area is 138 Å². The summed E-state index contributed by atoms with van der Waals surface area (Å²) in [5.74, 6) is -3.16. The number of esters is 1. The van der Waals surface area contributed by atoms with Crippen molar-refractivity contribution in [3.63, 3.8) is 0 Å². The third-order valence-corrected chi connectivity index (χ3v) is 4.32. The Morgan fingerprint density at radius 1 is 1.04 bits per heavy atom. The second kappa shape index (κ2) is 6.43. The largest absolute Gasteiger partial charge is 0.466 e. The molecule has 0 unspecified atom stereocenters. The van der Waals surface area contributed by atoms with Crippen LogP contribution >= 0.6 is 0 Å². The lowest BCUT2D eigenvalue weighted by Crippen LogP contribution is -2.34. The van der Waals surface area contributed by atoms with Gasteiger partial charge in [-0.15, -0.1) is 0 Å². The first-order valence-electron chi connectivity index (χ1n) is 7.89. The highest BCUT2D eigenvalue weighted by atomic mass is 16.7. The van der Waals surface area contributed by atoms with Gasteiger partial charge in [0, 0.05) is 0 Å². The zero-order valence-corrected chi connectivity index (χ0v) is 13.2. The Kier molecular flexibility index (Phi) is 4.33. The van der Waals surface area contributed by atoms with Gasteiger partial charge in [-0.1, -0.05) is 17.2 Å². The minimum Gasteiger partial charge on any atom is -0.466 e. The average Bonchev–Trinajstić information content (AvgIpc) is 3.16. The zero-order valence-electron chi connectivity index (χ0n) is 13.2. The fourth-order valence-electron chi connectivity index (χ4n) is 3.08. The van der Waals surface area contributed by atoms with Crippen LogP contribution in [-0.4, -0.2) is 35.4 Å². The van der Waals surface area contributed by atoms with E-state index in [9.17, 15) is 19.2 Å². The molecule has 24 heavy (non-hydrogen) atoms. The lowest BCUT2D eigenvalue weighted by Gasteiger charge is -2.15. The molecule has 1 aliphatic heterocycles. The van der Waals surface area contributed by atoms with E-state index < -0.39 is 23.7 Å². The molecule has 3 rings (SSSR count). The lowest BCUT2D eigenvalue weighted by molar-refractivity contribution is -0.173. The highest BCUT2D eigenvalue weighted by Crippen LogP contribution is 2.33. The fourth-order valence-corrected chi connectivity index (χ4v) is 3.08. The van der Waals surface area contributed by atoms with Crippen LogP contribution in [0.1, 0.15) is 46.9 Å². The third kappa shape index (κ3) is 2.77. The molecule has 1 aliphatic carbocycles. The molecule has 0 saturated heterocycles. The molecule has 0 radical (unpaired) electrons. The van der Waals surface area contributed by atoms with Crippen molar-refractivity contribution in [2.24, 2.45) is 11.8 Å². The molecule has 0 N–H and O–H groups in total. The minimum absolute atomic E-state index is 0.214. The number of hydrogen-bond acceptors (Lipinski definition) is 6. The van der Waals surface area contributed by atoms with Gasteiger partial charge in [0.05, 0.1) is 29.6 Å². The smallest absolute Gasteiger partial charge is 0.336 e. The number of amides is 2. The van der Waals surface area contributed by atoms with Gasteiger partial charge in [0.15, 0.2) is 0 Å². The van der Waals surface area contributed by atoms with E-state index in [-0.39, 0.29) is 23.0 Å². The molecule has 2 amide bonds. The number of carbonyl (C=O) groups excluding carboxylic acids is 4. The van der Waals surface area contributed by atoms with E-state index >= 15 is 0 Å². The first-order chi connectivity index (χ1) is 11.5. The molecule has 0 bridgehead atoms. The molecule has 1 saturated carbocycles. The van der Waals surface area contributed by atoms with Crippen molar-refractivity contribution in [3.05, 3.63) is 35.4 Å². The van der Waals surface area contributed by atoms with E-state index in [1.165, 1.54) is 12.1 Å². The molecule has 126 valence electrons. The molecule has 0 spiro atoms. The maximum absolute atomic E-state index is 12.2. The van der Waals surface area contributed by atoms with Crippen LogP contribution in [0.4, 0.5) is 0 Å². The summed E-state index contributed by atoms with van der Waals surface area (Å²) in [6.45, 7) is 2.01. The maximum atomic E-state index is 12.2. The number of rotatable bonds is 4. The van der Waals surface area contributed by atoms with Crippen molar-refractivity contribution in [2.45, 2.75) is 26.2 Å². The topological polar surface area (TPSA) is 90.0 Å². The number of nitrogens with zero attached hydrogens (tertiary/aromatic N) is 1. The Balaban J connectivity index is 1.64. The van der Waals surface area contributed by atoms with Crippen LogP contribution in [0.2, 0.25) is 0 Å². The maximum Gasteiger partial charge on any atom is 0.336 e. The Hall–Kier alpha value is -2.70. The normalized spacial score (nSPS) is 22.5. The number of carbonyl (C=O) groups is 4. The van der Waals surface area contributed by atoms with Crippen LogP contribution in [0, 0.1) is 11.8 Å². The van der Waals surface area contributed by atoms with Crippen molar-refractivity contribution in [2.75, 3.05) is 6.61 Å². The van der Waals surface area contributed by atoms with Crippen LogP contribution in [0.25, 0.3) is 0 Å². The van der Waals surface area contributed by atoms with E-state index in [4.69, 9.17) is 9.57 Å². The summed E-state index contributed by atoms with van der Waals surface area (Å²) >= 11 is 0. The van der Waals surface area contributed by atoms with Crippen molar-refractivity contribution < 1.29 is 28.8 Å². The predicted octanol–water partition coefficient (Wildman–Crippen LogP) is 1.72. The second-order valence-electron chi connectivity index (χ2n) is 5.82. The summed E-state index contributed by atoms with van der Waals surface area (Å²) < 4.78 is 4.95. The van der Waals surface area contributed by atoms with E-state index in [0.29, 0.717) is 30.9 Å². The Morgan fingerprint density at radius 2 is 1.58 bits per heavy atom. The SMILES string of the molecule is CCOC(=O)[C@H]1CC[C@@H](C(=O)ON2C(=O)c3ccccc3C2=O)C1. The lowest BCUT2D eigenvalue weighted by atomic mass is 10.1. The van der Waals surface area contributed by atoms with Gasteiger partial charge in [0.25, 0.3) is 11.8 Å². The quantitative estimate of drug-likeness (QED) is 0.616. The van der Waals surface area contributed by atoms with E-state index in [2.05, 4.69) is 0 Å². The van der Waals surface area contributed by atoms with Crippen molar-refractivity contribution in [1.29, 1.82) is 0 Å². The monoisotopic (exact) mass is 331 g/mol. The first kappa shape index (κ1) is 16.2. The highest BCUT2D eigenvalue weighted by Gasteiger charge is 2.42. The molecular weight excluding hydrogens is 314 g/mol. The summed E-state index contributed by atoms with van der Waals surface area (Å²) in [6, 6.07) is 6.29. The molecular formula is C17H17NO6. The van der Waals surface area contributed by atoms with Gasteiger partial charge in [-0.25, -0.2) is 4.79 Å².